The Kier molecular flexibility index (Phi) is 9.26. The maximum Gasteiger partial charge on any atom is 0.251 e. The van der Waals surface area contributed by atoms with Gasteiger partial charge in [-0.3, -0.25) is 4.79 Å². The highest BCUT2D eigenvalue weighted by Crippen LogP contribution is 2.31. The molecule has 36 heavy (non-hydrogen) atoms. The summed E-state index contributed by atoms with van der Waals surface area (Å²) in [6.07, 6.45) is 9.93. The largest absolute Gasteiger partial charge is 0.457 e. The van der Waals surface area contributed by atoms with Crippen LogP contribution in [-0.4, -0.2) is 37.8 Å². The predicted octanol–water partition coefficient (Wildman–Crippen LogP) is 5.61. The second kappa shape index (κ2) is 12.6. The number of carbonyl (C=O) groups excluding carboxylic acids is 1. The van der Waals surface area contributed by atoms with Gasteiger partial charge in [-0.05, 0) is 86.8 Å². The van der Waals surface area contributed by atoms with Crippen molar-refractivity contribution >= 4 is 17.3 Å². The molecule has 6 heteroatoms. The molecule has 4 N–H and O–H groups in total. The molecule has 0 atom stereocenters. The van der Waals surface area contributed by atoms with E-state index in [-0.39, 0.29) is 11.9 Å². The molecule has 3 aromatic carbocycles. The lowest BCUT2D eigenvalue weighted by Crippen LogP contribution is -2.42. The number of nitrogens with one attached hydrogen (secondary N) is 4. The summed E-state index contributed by atoms with van der Waals surface area (Å²) < 4.78 is 6.11. The van der Waals surface area contributed by atoms with E-state index in [9.17, 15) is 4.79 Å². The Hall–Kier alpha value is -4.08. The molecule has 0 saturated carbocycles. The molecule has 0 aromatic heterocycles. The van der Waals surface area contributed by atoms with Gasteiger partial charge in [0.2, 0.25) is 0 Å². The van der Waals surface area contributed by atoms with Crippen LogP contribution in [-0.2, 0) is 0 Å². The van der Waals surface area contributed by atoms with E-state index in [4.69, 9.17) is 10.1 Å². The Bertz CT molecular complexity index is 1240. The van der Waals surface area contributed by atoms with E-state index < -0.39 is 0 Å². The Balaban J connectivity index is 0.00000176. The molecule has 1 amide bonds. The van der Waals surface area contributed by atoms with Crippen molar-refractivity contribution in [3.05, 3.63) is 77.4 Å². The van der Waals surface area contributed by atoms with Gasteiger partial charge in [-0.2, -0.15) is 0 Å². The zero-order valence-electron chi connectivity index (χ0n) is 21.2. The van der Waals surface area contributed by atoms with Gasteiger partial charge in [0.25, 0.3) is 5.91 Å². The van der Waals surface area contributed by atoms with Crippen LogP contribution in [0.15, 0.2) is 60.7 Å². The zero-order chi connectivity index (χ0) is 26.1. The molecule has 3 aromatic rings. The summed E-state index contributed by atoms with van der Waals surface area (Å²) >= 11 is 0. The fourth-order valence-electron chi connectivity index (χ4n) is 4.32. The summed E-state index contributed by atoms with van der Waals surface area (Å²) in [6.45, 7) is 5.64. The molecule has 1 aliphatic heterocycles. The van der Waals surface area contributed by atoms with Gasteiger partial charge in [0, 0.05) is 41.7 Å². The summed E-state index contributed by atoms with van der Waals surface area (Å²) in [5.41, 5.74) is 5.93. The molecular weight excluding hydrogens is 448 g/mol. The molecule has 1 heterocycles. The van der Waals surface area contributed by atoms with Crippen LogP contribution in [0.2, 0.25) is 0 Å². The van der Waals surface area contributed by atoms with Crippen LogP contribution in [0.1, 0.15) is 41.3 Å². The molecule has 0 bridgehead atoms. The first-order valence-corrected chi connectivity index (χ1v) is 12.1. The average Bonchev–Trinajstić information content (AvgIpc) is 2.90. The summed E-state index contributed by atoms with van der Waals surface area (Å²) in [7, 11) is 1.84. The first kappa shape index (κ1) is 26.5. The van der Waals surface area contributed by atoms with Crippen molar-refractivity contribution in [3.8, 4) is 35.5 Å². The van der Waals surface area contributed by atoms with Crippen LogP contribution in [0.3, 0.4) is 0 Å². The maximum atomic E-state index is 12.8. The fraction of sp³-hybridized carbons (Fsp3) is 0.267. The number of aryl methyl sites for hydroxylation is 1. The Morgan fingerprint density at radius 3 is 2.31 bits per heavy atom. The van der Waals surface area contributed by atoms with Crippen molar-refractivity contribution in [2.45, 2.75) is 32.7 Å². The third kappa shape index (κ3) is 6.53. The lowest BCUT2D eigenvalue weighted by atomic mass is 9.98. The number of rotatable bonds is 7. The Morgan fingerprint density at radius 2 is 1.64 bits per heavy atom. The number of hydrogen-bond acceptors (Lipinski definition) is 5. The minimum absolute atomic E-state index is 0.00280. The molecule has 1 fully saturated rings. The predicted molar refractivity (Wildman–Crippen MR) is 148 cm³/mol. The number of ether oxygens (including phenoxy) is 1. The highest BCUT2D eigenvalue weighted by Gasteiger charge is 2.18. The minimum atomic E-state index is -0.00280. The van der Waals surface area contributed by atoms with Gasteiger partial charge >= 0.3 is 0 Å². The number of anilines is 1. The molecule has 1 saturated heterocycles. The summed E-state index contributed by atoms with van der Waals surface area (Å²) in [5.74, 6) is 1.42. The van der Waals surface area contributed by atoms with Crippen LogP contribution < -0.4 is 20.7 Å². The number of carbonyl (C=O) groups is 1. The van der Waals surface area contributed by atoms with E-state index in [0.717, 1.165) is 65.2 Å². The normalized spacial score (nSPS) is 13.1. The first-order valence-electron chi connectivity index (χ1n) is 12.1. The monoisotopic (exact) mass is 482 g/mol. The number of benzene rings is 3. The van der Waals surface area contributed by atoms with E-state index >= 15 is 0 Å². The smallest absolute Gasteiger partial charge is 0.251 e. The molecular formula is C30H34N4O2. The van der Waals surface area contributed by atoms with Gasteiger partial charge in [-0.15, -0.1) is 12.8 Å². The highest BCUT2D eigenvalue weighted by atomic mass is 16.5. The lowest BCUT2D eigenvalue weighted by Gasteiger charge is -2.24. The molecule has 0 radical (unpaired) electrons. The number of terminal acetylenes is 1. The first-order chi connectivity index (χ1) is 17.4. The molecule has 0 aliphatic carbocycles. The van der Waals surface area contributed by atoms with E-state index in [1.807, 2.05) is 68.6 Å². The summed E-state index contributed by atoms with van der Waals surface area (Å²) in [5, 5.41) is 17.5. The topological polar surface area (TPSA) is 86.2 Å². The highest BCUT2D eigenvalue weighted by molar-refractivity contribution is 6.01. The van der Waals surface area contributed by atoms with Crippen molar-refractivity contribution in [1.29, 1.82) is 5.41 Å². The number of hydrogen-bond donors (Lipinski definition) is 4. The average molecular weight is 483 g/mol. The van der Waals surface area contributed by atoms with Crippen LogP contribution in [0, 0.1) is 25.2 Å². The second-order valence-electron chi connectivity index (χ2n) is 8.74. The van der Waals surface area contributed by atoms with Gasteiger partial charge in [-0.25, -0.2) is 0 Å². The maximum absolute atomic E-state index is 12.8. The number of amides is 1. The van der Waals surface area contributed by atoms with Crippen LogP contribution >= 0.6 is 0 Å². The van der Waals surface area contributed by atoms with Gasteiger partial charge in [0.05, 0.1) is 0 Å². The molecule has 0 spiro atoms. The molecule has 4 rings (SSSR count). The lowest BCUT2D eigenvalue weighted by molar-refractivity contribution is 0.0929. The Morgan fingerprint density at radius 1 is 0.972 bits per heavy atom. The van der Waals surface area contributed by atoms with Crippen molar-refractivity contribution in [3.63, 3.8) is 0 Å². The second-order valence-corrected chi connectivity index (χ2v) is 8.74. The van der Waals surface area contributed by atoms with Crippen LogP contribution in [0.4, 0.5) is 5.69 Å². The van der Waals surface area contributed by atoms with E-state index in [1.54, 1.807) is 6.92 Å². The van der Waals surface area contributed by atoms with Crippen LogP contribution in [0.5, 0.6) is 11.5 Å². The van der Waals surface area contributed by atoms with Crippen LogP contribution in [0.25, 0.3) is 11.1 Å². The standard InChI is InChI=1S/C28H32N4O2.C2H2/c1-18-15-21(7-9-25(18)28(33)32-22-11-13-31-14-12-22)20-5-4-6-23(16-20)34-24-8-10-26(19(2)29)27(17-24)30-3;1-2/h4-10,15-17,22,29-31H,11-14H2,1-3H3,(H,32,33);1-2H. The van der Waals surface area contributed by atoms with E-state index in [0.29, 0.717) is 11.5 Å². The molecule has 6 nitrogen and oxygen atoms in total. The third-order valence-electron chi connectivity index (χ3n) is 6.21. The summed E-state index contributed by atoms with van der Waals surface area (Å²) in [6, 6.07) is 19.8. The zero-order valence-corrected chi connectivity index (χ0v) is 21.2. The Labute approximate surface area is 214 Å². The molecule has 1 aliphatic rings. The minimum Gasteiger partial charge on any atom is -0.457 e. The molecule has 0 unspecified atom stereocenters. The van der Waals surface area contributed by atoms with Crippen molar-refractivity contribution in [2.24, 2.45) is 0 Å². The van der Waals surface area contributed by atoms with Crippen molar-refractivity contribution in [1.82, 2.24) is 10.6 Å². The number of piperidine rings is 1. The van der Waals surface area contributed by atoms with E-state index in [1.165, 1.54) is 0 Å². The SMILES string of the molecule is C#C.CNc1cc(Oc2cccc(-c3ccc(C(=O)NC4CCNCC4)c(C)c3)c2)ccc1C(C)=N. The molecule has 186 valence electrons. The van der Waals surface area contributed by atoms with Gasteiger partial charge < -0.3 is 26.1 Å². The third-order valence-corrected chi connectivity index (χ3v) is 6.21. The van der Waals surface area contributed by atoms with Crippen molar-refractivity contribution < 1.29 is 9.53 Å². The van der Waals surface area contributed by atoms with Gasteiger partial charge in [0.1, 0.15) is 11.5 Å². The van der Waals surface area contributed by atoms with Crippen molar-refractivity contribution in [2.75, 3.05) is 25.5 Å². The van der Waals surface area contributed by atoms with Gasteiger partial charge in [-0.1, -0.05) is 24.3 Å². The van der Waals surface area contributed by atoms with Gasteiger partial charge in [0.15, 0.2) is 0 Å². The quantitative estimate of drug-likeness (QED) is 0.260. The van der Waals surface area contributed by atoms with E-state index in [2.05, 4.69) is 34.9 Å². The fourth-order valence-corrected chi connectivity index (χ4v) is 4.32. The summed E-state index contributed by atoms with van der Waals surface area (Å²) in [4.78, 5) is 12.8.